The summed E-state index contributed by atoms with van der Waals surface area (Å²) in [6, 6.07) is 17.8. The molecule has 0 fully saturated rings. The molecule has 0 nitrogen and oxygen atoms in total. The minimum atomic E-state index is 0.722. The van der Waals surface area contributed by atoms with Crippen molar-refractivity contribution in [2.75, 3.05) is 0 Å². The zero-order chi connectivity index (χ0) is 19.7. The summed E-state index contributed by atoms with van der Waals surface area (Å²) < 4.78 is 0. The van der Waals surface area contributed by atoms with Crippen molar-refractivity contribution in [2.24, 2.45) is 11.8 Å². The summed E-state index contributed by atoms with van der Waals surface area (Å²) >= 11 is 0. The van der Waals surface area contributed by atoms with Gasteiger partial charge < -0.3 is 0 Å². The van der Waals surface area contributed by atoms with Crippen molar-refractivity contribution < 1.29 is 0 Å². The van der Waals surface area contributed by atoms with Crippen LogP contribution in [0.15, 0.2) is 48.5 Å². The van der Waals surface area contributed by atoms with Crippen molar-refractivity contribution in [3.05, 3.63) is 70.8 Å². The molecule has 0 bridgehead atoms. The highest BCUT2D eigenvalue weighted by atomic mass is 14.2. The molecule has 144 valence electrons. The van der Waals surface area contributed by atoms with E-state index in [0.717, 1.165) is 23.7 Å². The molecule has 2 atom stereocenters. The second-order valence-electron chi connectivity index (χ2n) is 8.35. The van der Waals surface area contributed by atoms with Crippen LogP contribution >= 0.6 is 0 Å². The van der Waals surface area contributed by atoms with Crippen LogP contribution in [0.5, 0.6) is 0 Å². The van der Waals surface area contributed by atoms with Crippen molar-refractivity contribution in [1.29, 1.82) is 0 Å². The second kappa shape index (κ2) is 11.2. The monoisotopic (exact) mass is 352 g/mol. The van der Waals surface area contributed by atoms with E-state index in [9.17, 15) is 0 Å². The van der Waals surface area contributed by atoms with Crippen LogP contribution < -0.4 is 0 Å². The van der Waals surface area contributed by atoms with Crippen LogP contribution in [0, 0.1) is 25.7 Å². The first-order valence-corrected chi connectivity index (χ1v) is 10.4. The molecule has 0 heterocycles. The molecule has 2 aromatic rings. The van der Waals surface area contributed by atoms with Gasteiger partial charge in [0.05, 0.1) is 0 Å². The smallest absolute Gasteiger partial charge is 0.0141 e. The van der Waals surface area contributed by atoms with Crippen LogP contribution in [0.1, 0.15) is 88.5 Å². The lowest BCUT2D eigenvalue weighted by Crippen LogP contribution is -2.05. The molecule has 0 aliphatic heterocycles. The predicted molar refractivity (Wildman–Crippen MR) is 118 cm³/mol. The van der Waals surface area contributed by atoms with E-state index >= 15 is 0 Å². The number of rotatable bonds is 6. The van der Waals surface area contributed by atoms with Crippen molar-refractivity contribution in [1.82, 2.24) is 0 Å². The van der Waals surface area contributed by atoms with Gasteiger partial charge in [0.1, 0.15) is 0 Å². The molecule has 0 spiro atoms. The van der Waals surface area contributed by atoms with Gasteiger partial charge in [-0.1, -0.05) is 101 Å². The lowest BCUT2D eigenvalue weighted by Gasteiger charge is -2.19. The summed E-state index contributed by atoms with van der Waals surface area (Å²) in [6.07, 6.45) is 2.47. The fraction of sp³-hybridized carbons (Fsp3) is 0.538. The number of benzene rings is 2. The van der Waals surface area contributed by atoms with Crippen LogP contribution in [0.25, 0.3) is 0 Å². The Labute approximate surface area is 163 Å². The third kappa shape index (κ3) is 6.98. The highest BCUT2D eigenvalue weighted by molar-refractivity contribution is 5.26. The molecule has 0 aromatic heterocycles. The first kappa shape index (κ1) is 22.5. The number of hydrogen-bond donors (Lipinski definition) is 0. The van der Waals surface area contributed by atoms with E-state index in [-0.39, 0.29) is 0 Å². The van der Waals surface area contributed by atoms with Crippen LogP contribution in [-0.2, 0) is 0 Å². The zero-order valence-corrected chi connectivity index (χ0v) is 18.3. The molecular weight excluding hydrogens is 312 g/mol. The predicted octanol–water partition coefficient (Wildman–Crippen LogP) is 8.29. The summed E-state index contributed by atoms with van der Waals surface area (Å²) in [5.41, 5.74) is 5.74. The summed E-state index contributed by atoms with van der Waals surface area (Å²) in [7, 11) is 0. The average molecular weight is 353 g/mol. The lowest BCUT2D eigenvalue weighted by molar-refractivity contribution is 0.485. The molecule has 2 rings (SSSR count). The van der Waals surface area contributed by atoms with Crippen molar-refractivity contribution in [2.45, 2.75) is 80.1 Å². The first-order valence-electron chi connectivity index (χ1n) is 10.4. The first-order chi connectivity index (χ1) is 12.3. The standard InChI is InChI=1S/2C13H20/c2*1-5-13(10(2)3)12-8-6-7-11(4)9-12/h2*6-10,13H,5H2,1-4H3/t13-;/m1./s1. The Balaban J connectivity index is 0.000000260. The van der Waals surface area contributed by atoms with E-state index in [2.05, 4.69) is 104 Å². The van der Waals surface area contributed by atoms with E-state index in [4.69, 9.17) is 0 Å². The maximum Gasteiger partial charge on any atom is -0.0141 e. The van der Waals surface area contributed by atoms with Crippen LogP contribution in [0.2, 0.25) is 0 Å². The Kier molecular flexibility index (Phi) is 9.70. The van der Waals surface area contributed by atoms with E-state index in [1.165, 1.54) is 35.1 Å². The van der Waals surface area contributed by atoms with Gasteiger partial charge in [-0.25, -0.2) is 0 Å². The van der Waals surface area contributed by atoms with Crippen LogP contribution in [-0.4, -0.2) is 0 Å². The normalized spacial score (nSPS) is 13.3. The Morgan fingerprint density at radius 2 is 0.962 bits per heavy atom. The van der Waals surface area contributed by atoms with Gasteiger partial charge in [-0.15, -0.1) is 0 Å². The van der Waals surface area contributed by atoms with Gasteiger partial charge >= 0.3 is 0 Å². The molecular formula is C26H40. The minimum Gasteiger partial charge on any atom is -0.0648 e. The molecule has 1 unspecified atom stereocenters. The van der Waals surface area contributed by atoms with E-state index < -0.39 is 0 Å². The molecule has 26 heavy (non-hydrogen) atoms. The van der Waals surface area contributed by atoms with Gasteiger partial charge in [0.25, 0.3) is 0 Å². The third-order valence-electron chi connectivity index (χ3n) is 5.43. The van der Waals surface area contributed by atoms with Gasteiger partial charge in [-0.05, 0) is 61.5 Å². The number of aryl methyl sites for hydroxylation is 2. The Morgan fingerprint density at radius 1 is 0.615 bits per heavy atom. The van der Waals surface area contributed by atoms with Crippen LogP contribution in [0.4, 0.5) is 0 Å². The SMILES string of the molecule is CCC(c1cccc(C)c1)C(C)C.CC[C@@H](c1cccc(C)c1)C(C)C. The van der Waals surface area contributed by atoms with E-state index in [0.29, 0.717) is 0 Å². The Bertz CT molecular complexity index is 578. The third-order valence-corrected chi connectivity index (χ3v) is 5.43. The van der Waals surface area contributed by atoms with E-state index in [1.54, 1.807) is 0 Å². The second-order valence-corrected chi connectivity index (χ2v) is 8.35. The van der Waals surface area contributed by atoms with Gasteiger partial charge in [0.15, 0.2) is 0 Å². The molecule has 0 aliphatic carbocycles. The molecule has 0 heteroatoms. The van der Waals surface area contributed by atoms with E-state index in [1.807, 2.05) is 0 Å². The molecule has 0 N–H and O–H groups in total. The van der Waals surface area contributed by atoms with Gasteiger partial charge in [-0.3, -0.25) is 0 Å². The maximum absolute atomic E-state index is 2.31. The van der Waals surface area contributed by atoms with Crippen molar-refractivity contribution >= 4 is 0 Å². The fourth-order valence-electron chi connectivity index (χ4n) is 3.99. The van der Waals surface area contributed by atoms with Gasteiger partial charge in [-0.2, -0.15) is 0 Å². The molecule has 0 aliphatic rings. The largest absolute Gasteiger partial charge is 0.0648 e. The molecule has 0 saturated heterocycles. The summed E-state index contributed by atoms with van der Waals surface area (Å²) in [4.78, 5) is 0. The maximum atomic E-state index is 2.31. The van der Waals surface area contributed by atoms with Crippen LogP contribution in [0.3, 0.4) is 0 Å². The topological polar surface area (TPSA) is 0 Å². The molecule has 0 radical (unpaired) electrons. The summed E-state index contributed by atoms with van der Waals surface area (Å²) in [5, 5.41) is 0. The Morgan fingerprint density at radius 3 is 1.19 bits per heavy atom. The van der Waals surface area contributed by atoms with Gasteiger partial charge in [0.2, 0.25) is 0 Å². The fourth-order valence-corrected chi connectivity index (χ4v) is 3.99. The quantitative estimate of drug-likeness (QED) is 0.490. The lowest BCUT2D eigenvalue weighted by atomic mass is 9.86. The summed E-state index contributed by atoms with van der Waals surface area (Å²) in [6.45, 7) is 18.1. The number of hydrogen-bond acceptors (Lipinski definition) is 0. The molecule has 0 saturated carbocycles. The zero-order valence-electron chi connectivity index (χ0n) is 18.3. The summed E-state index contributed by atoms with van der Waals surface area (Å²) in [5.74, 6) is 2.93. The molecule has 2 aromatic carbocycles. The molecule has 0 amide bonds. The van der Waals surface area contributed by atoms with Gasteiger partial charge in [0, 0.05) is 0 Å². The average Bonchev–Trinajstić information content (AvgIpc) is 2.56. The highest BCUT2D eigenvalue weighted by Crippen LogP contribution is 2.28. The highest BCUT2D eigenvalue weighted by Gasteiger charge is 2.13. The minimum absolute atomic E-state index is 0.722. The van der Waals surface area contributed by atoms with Crippen molar-refractivity contribution in [3.8, 4) is 0 Å². The van der Waals surface area contributed by atoms with Crippen molar-refractivity contribution in [3.63, 3.8) is 0 Å². The Hall–Kier alpha value is -1.56.